The fourth-order valence-corrected chi connectivity index (χ4v) is 2.91. The van der Waals surface area contributed by atoms with Crippen LogP contribution in [0.1, 0.15) is 43.1 Å². The summed E-state index contributed by atoms with van der Waals surface area (Å²) in [5, 5.41) is 11.4. The number of aryl methyl sites for hydroxylation is 1. The Morgan fingerprint density at radius 2 is 2.21 bits per heavy atom. The molecule has 1 atom stereocenters. The molecule has 19 heavy (non-hydrogen) atoms. The Hall–Kier alpha value is -1.32. The summed E-state index contributed by atoms with van der Waals surface area (Å²) in [7, 11) is 1.73. The Morgan fingerprint density at radius 1 is 1.42 bits per heavy atom. The molecule has 0 bridgehead atoms. The van der Waals surface area contributed by atoms with E-state index in [0.717, 1.165) is 29.4 Å². The lowest BCUT2D eigenvalue weighted by Gasteiger charge is -2.41. The van der Waals surface area contributed by atoms with Gasteiger partial charge in [-0.3, -0.25) is 0 Å². The number of hydrogen-bond donors (Lipinski definition) is 1. The first-order valence-corrected chi connectivity index (χ1v) is 6.86. The van der Waals surface area contributed by atoms with Gasteiger partial charge in [0.1, 0.15) is 17.4 Å². The molecule has 2 aromatic rings. The summed E-state index contributed by atoms with van der Waals surface area (Å²) in [6.45, 7) is 2.02. The Labute approximate surface area is 113 Å². The zero-order valence-corrected chi connectivity index (χ0v) is 11.5. The SMILES string of the molecule is COC1(CC(O)c2cc3cccc(C)c3o2)CCC1. The average Bonchev–Trinajstić information content (AvgIpc) is 2.79. The van der Waals surface area contributed by atoms with Crippen molar-refractivity contribution in [2.24, 2.45) is 0 Å². The van der Waals surface area contributed by atoms with E-state index in [2.05, 4.69) is 0 Å². The highest BCUT2D eigenvalue weighted by Crippen LogP contribution is 2.42. The lowest BCUT2D eigenvalue weighted by molar-refractivity contribution is -0.102. The molecule has 1 heterocycles. The Balaban J connectivity index is 1.85. The minimum absolute atomic E-state index is 0.145. The van der Waals surface area contributed by atoms with Crippen LogP contribution in [0.5, 0.6) is 0 Å². The molecule has 1 aliphatic rings. The van der Waals surface area contributed by atoms with Crippen LogP contribution >= 0.6 is 0 Å². The van der Waals surface area contributed by atoms with Gasteiger partial charge in [-0.25, -0.2) is 0 Å². The van der Waals surface area contributed by atoms with Crippen LogP contribution in [0.15, 0.2) is 28.7 Å². The predicted octanol–water partition coefficient (Wildman–Crippen LogP) is 3.73. The molecule has 1 aromatic heterocycles. The van der Waals surface area contributed by atoms with E-state index < -0.39 is 6.10 Å². The first-order valence-electron chi connectivity index (χ1n) is 6.86. The molecule has 0 spiro atoms. The number of rotatable bonds is 4. The van der Waals surface area contributed by atoms with Crippen LogP contribution in [-0.4, -0.2) is 17.8 Å². The highest BCUT2D eigenvalue weighted by Gasteiger charge is 2.39. The fraction of sp³-hybridized carbons (Fsp3) is 0.500. The number of ether oxygens (including phenoxy) is 1. The third kappa shape index (κ3) is 2.17. The van der Waals surface area contributed by atoms with Gasteiger partial charge in [0, 0.05) is 18.9 Å². The molecule has 0 aliphatic heterocycles. The number of methoxy groups -OCH3 is 1. The predicted molar refractivity (Wildman–Crippen MR) is 74.1 cm³/mol. The molecule has 0 saturated heterocycles. The van der Waals surface area contributed by atoms with Crippen molar-refractivity contribution in [3.8, 4) is 0 Å². The van der Waals surface area contributed by atoms with E-state index >= 15 is 0 Å². The number of furan rings is 1. The van der Waals surface area contributed by atoms with E-state index in [9.17, 15) is 5.11 Å². The highest BCUT2D eigenvalue weighted by molar-refractivity contribution is 5.80. The van der Waals surface area contributed by atoms with Crippen molar-refractivity contribution < 1.29 is 14.3 Å². The minimum atomic E-state index is -0.591. The van der Waals surface area contributed by atoms with E-state index in [4.69, 9.17) is 9.15 Å². The van der Waals surface area contributed by atoms with Gasteiger partial charge in [-0.1, -0.05) is 18.2 Å². The smallest absolute Gasteiger partial charge is 0.137 e. The second-order valence-electron chi connectivity index (χ2n) is 5.60. The highest BCUT2D eigenvalue weighted by atomic mass is 16.5. The molecule has 1 aliphatic carbocycles. The summed E-state index contributed by atoms with van der Waals surface area (Å²) < 4.78 is 11.4. The molecule has 1 unspecified atom stereocenters. The van der Waals surface area contributed by atoms with Gasteiger partial charge >= 0.3 is 0 Å². The summed E-state index contributed by atoms with van der Waals surface area (Å²) in [5.41, 5.74) is 1.82. The lowest BCUT2D eigenvalue weighted by Crippen LogP contribution is -2.40. The van der Waals surface area contributed by atoms with Gasteiger partial charge in [-0.15, -0.1) is 0 Å². The second kappa shape index (κ2) is 4.66. The summed E-state index contributed by atoms with van der Waals surface area (Å²) in [6, 6.07) is 7.98. The molecule has 3 heteroatoms. The van der Waals surface area contributed by atoms with Gasteiger partial charge < -0.3 is 14.3 Å². The van der Waals surface area contributed by atoms with Gasteiger partial charge in [0.25, 0.3) is 0 Å². The topological polar surface area (TPSA) is 42.6 Å². The Morgan fingerprint density at radius 3 is 2.79 bits per heavy atom. The molecule has 3 nitrogen and oxygen atoms in total. The van der Waals surface area contributed by atoms with E-state index in [-0.39, 0.29) is 5.60 Å². The number of aliphatic hydroxyl groups is 1. The number of aliphatic hydroxyl groups excluding tert-OH is 1. The zero-order chi connectivity index (χ0) is 13.5. The monoisotopic (exact) mass is 260 g/mol. The first-order chi connectivity index (χ1) is 9.13. The van der Waals surface area contributed by atoms with Gasteiger partial charge in [0.2, 0.25) is 0 Å². The number of hydrogen-bond acceptors (Lipinski definition) is 3. The van der Waals surface area contributed by atoms with Crippen LogP contribution in [0.4, 0.5) is 0 Å². The second-order valence-corrected chi connectivity index (χ2v) is 5.60. The normalized spacial score (nSPS) is 19.3. The molecule has 0 amide bonds. The van der Waals surface area contributed by atoms with Crippen LogP contribution < -0.4 is 0 Å². The molecule has 102 valence electrons. The van der Waals surface area contributed by atoms with Gasteiger partial charge in [-0.2, -0.15) is 0 Å². The van der Waals surface area contributed by atoms with Crippen molar-refractivity contribution >= 4 is 11.0 Å². The summed E-state index contributed by atoms with van der Waals surface area (Å²) in [5.74, 6) is 0.646. The number of para-hydroxylation sites is 1. The lowest BCUT2D eigenvalue weighted by atomic mass is 9.76. The molecular formula is C16H20O3. The van der Waals surface area contributed by atoms with E-state index in [1.54, 1.807) is 7.11 Å². The maximum Gasteiger partial charge on any atom is 0.137 e. The maximum absolute atomic E-state index is 10.4. The molecule has 1 aromatic carbocycles. The largest absolute Gasteiger partial charge is 0.458 e. The van der Waals surface area contributed by atoms with Crippen molar-refractivity contribution in [3.63, 3.8) is 0 Å². The van der Waals surface area contributed by atoms with Gasteiger partial charge in [0.05, 0.1) is 5.60 Å². The summed E-state index contributed by atoms with van der Waals surface area (Å²) in [4.78, 5) is 0. The van der Waals surface area contributed by atoms with Crippen LogP contribution in [0, 0.1) is 6.92 Å². The van der Waals surface area contributed by atoms with Crippen LogP contribution in [0.25, 0.3) is 11.0 Å². The van der Waals surface area contributed by atoms with Crippen LogP contribution in [-0.2, 0) is 4.74 Å². The van der Waals surface area contributed by atoms with E-state index in [1.807, 2.05) is 31.2 Å². The zero-order valence-electron chi connectivity index (χ0n) is 11.5. The quantitative estimate of drug-likeness (QED) is 0.910. The van der Waals surface area contributed by atoms with Crippen molar-refractivity contribution in [2.45, 2.75) is 44.3 Å². The van der Waals surface area contributed by atoms with Crippen LogP contribution in [0.2, 0.25) is 0 Å². The Bertz CT molecular complexity index is 575. The first kappa shape index (κ1) is 12.7. The molecule has 1 saturated carbocycles. The van der Waals surface area contributed by atoms with Crippen molar-refractivity contribution in [2.75, 3.05) is 7.11 Å². The Kier molecular flexibility index (Phi) is 3.11. The molecule has 1 fully saturated rings. The van der Waals surface area contributed by atoms with E-state index in [0.29, 0.717) is 12.2 Å². The average molecular weight is 260 g/mol. The number of fused-ring (bicyclic) bond motifs is 1. The molecular weight excluding hydrogens is 240 g/mol. The van der Waals surface area contributed by atoms with Gasteiger partial charge in [-0.05, 0) is 37.8 Å². The van der Waals surface area contributed by atoms with Crippen LogP contribution in [0.3, 0.4) is 0 Å². The van der Waals surface area contributed by atoms with Gasteiger partial charge in [0.15, 0.2) is 0 Å². The maximum atomic E-state index is 10.4. The molecule has 3 rings (SSSR count). The number of benzene rings is 1. The summed E-state index contributed by atoms with van der Waals surface area (Å²) >= 11 is 0. The third-order valence-electron chi connectivity index (χ3n) is 4.35. The van der Waals surface area contributed by atoms with Crippen molar-refractivity contribution in [3.05, 3.63) is 35.6 Å². The standard InChI is InChI=1S/C16H20O3/c1-11-5-3-6-12-9-14(19-15(11)12)13(17)10-16(18-2)7-4-8-16/h3,5-6,9,13,17H,4,7-8,10H2,1-2H3. The van der Waals surface area contributed by atoms with Crippen molar-refractivity contribution in [1.82, 2.24) is 0 Å². The fourth-order valence-electron chi connectivity index (χ4n) is 2.91. The minimum Gasteiger partial charge on any atom is -0.458 e. The third-order valence-corrected chi connectivity index (χ3v) is 4.35. The molecule has 0 radical (unpaired) electrons. The summed E-state index contributed by atoms with van der Waals surface area (Å²) in [6.07, 6.45) is 3.26. The van der Waals surface area contributed by atoms with E-state index in [1.165, 1.54) is 6.42 Å². The van der Waals surface area contributed by atoms with Crippen molar-refractivity contribution in [1.29, 1.82) is 0 Å². The molecule has 1 N–H and O–H groups in total.